The van der Waals surface area contributed by atoms with E-state index in [4.69, 9.17) is 4.74 Å². The molecule has 7 nitrogen and oxygen atoms in total. The number of morpholine rings is 1. The molecule has 1 aliphatic rings. The highest BCUT2D eigenvalue weighted by atomic mass is 127. The Morgan fingerprint density at radius 1 is 1.39 bits per heavy atom. The van der Waals surface area contributed by atoms with E-state index in [0.29, 0.717) is 18.6 Å². The first kappa shape index (κ1) is 25.2. The lowest BCUT2D eigenvalue weighted by Crippen LogP contribution is -2.52. The number of nitrogens with one attached hydrogen (secondary N) is 1. The molecule has 0 aliphatic carbocycles. The standard InChI is InChI=1S/C20H38N6O.HI/c1-7-25(8-2)18(11-16(3)4)13-22-20(21-5)26-9-10-27-19(15-26)17-12-23-24(6)14-17;/h12,14,16,18-19H,7-11,13,15H2,1-6H3,(H,21,22);1H. The fourth-order valence-corrected chi connectivity index (χ4v) is 3.84. The van der Waals surface area contributed by atoms with Crippen LogP contribution in [0.5, 0.6) is 0 Å². The van der Waals surface area contributed by atoms with Crippen molar-refractivity contribution in [2.24, 2.45) is 18.0 Å². The molecule has 2 heterocycles. The maximum Gasteiger partial charge on any atom is 0.193 e. The van der Waals surface area contributed by atoms with Gasteiger partial charge in [-0.15, -0.1) is 24.0 Å². The molecule has 2 unspecified atom stereocenters. The number of likely N-dealkylation sites (N-methyl/N-ethyl adjacent to an activating group) is 1. The Hall–Kier alpha value is -0.870. The first-order valence-corrected chi connectivity index (χ1v) is 10.3. The Kier molecular flexibility index (Phi) is 11.4. The van der Waals surface area contributed by atoms with Crippen molar-refractivity contribution >= 4 is 29.9 Å². The minimum atomic E-state index is 0. The van der Waals surface area contributed by atoms with Crippen LogP contribution in [0.25, 0.3) is 0 Å². The van der Waals surface area contributed by atoms with Gasteiger partial charge in [-0.2, -0.15) is 5.10 Å². The number of rotatable bonds is 8. The SMILES string of the molecule is CCN(CC)C(CNC(=NC)N1CCOC(c2cnn(C)c2)C1)CC(C)C.I. The highest BCUT2D eigenvalue weighted by Gasteiger charge is 2.26. The van der Waals surface area contributed by atoms with E-state index in [2.05, 4.69) is 52.9 Å². The van der Waals surface area contributed by atoms with Gasteiger partial charge >= 0.3 is 0 Å². The monoisotopic (exact) mass is 506 g/mol. The zero-order chi connectivity index (χ0) is 19.8. The molecule has 0 amide bonds. The molecule has 8 heteroatoms. The summed E-state index contributed by atoms with van der Waals surface area (Å²) >= 11 is 0. The van der Waals surface area contributed by atoms with Gasteiger partial charge in [0, 0.05) is 45.0 Å². The van der Waals surface area contributed by atoms with Gasteiger partial charge in [-0.1, -0.05) is 27.7 Å². The van der Waals surface area contributed by atoms with Crippen LogP contribution in [0, 0.1) is 5.92 Å². The van der Waals surface area contributed by atoms with Gasteiger partial charge in [0.1, 0.15) is 6.10 Å². The Morgan fingerprint density at radius 3 is 2.64 bits per heavy atom. The molecular weight excluding hydrogens is 467 g/mol. The topological polar surface area (TPSA) is 57.9 Å². The second-order valence-corrected chi connectivity index (χ2v) is 7.69. The molecule has 1 aromatic heterocycles. The molecule has 0 aromatic carbocycles. The molecular formula is C20H39IN6O. The number of aryl methyl sites for hydroxylation is 1. The van der Waals surface area contributed by atoms with Crippen molar-refractivity contribution in [1.82, 2.24) is 24.9 Å². The van der Waals surface area contributed by atoms with Crippen molar-refractivity contribution in [2.45, 2.75) is 46.3 Å². The highest BCUT2D eigenvalue weighted by molar-refractivity contribution is 14.0. The lowest BCUT2D eigenvalue weighted by molar-refractivity contribution is -0.00815. The van der Waals surface area contributed by atoms with Gasteiger partial charge in [0.2, 0.25) is 0 Å². The van der Waals surface area contributed by atoms with Crippen molar-refractivity contribution in [3.63, 3.8) is 0 Å². The van der Waals surface area contributed by atoms with Gasteiger partial charge in [-0.05, 0) is 25.4 Å². The fraction of sp³-hybridized carbons (Fsp3) is 0.800. The van der Waals surface area contributed by atoms with Crippen LogP contribution in [-0.2, 0) is 11.8 Å². The number of hydrogen-bond acceptors (Lipinski definition) is 4. The smallest absolute Gasteiger partial charge is 0.193 e. The van der Waals surface area contributed by atoms with E-state index in [-0.39, 0.29) is 30.1 Å². The maximum atomic E-state index is 5.97. The molecule has 0 saturated carbocycles. The van der Waals surface area contributed by atoms with Gasteiger partial charge < -0.3 is 15.0 Å². The van der Waals surface area contributed by atoms with Crippen LogP contribution < -0.4 is 5.32 Å². The summed E-state index contributed by atoms with van der Waals surface area (Å²) in [5.41, 5.74) is 1.12. The van der Waals surface area contributed by atoms with Gasteiger partial charge in [0.25, 0.3) is 0 Å². The third-order valence-electron chi connectivity index (χ3n) is 5.24. The van der Waals surface area contributed by atoms with Gasteiger partial charge in [-0.25, -0.2) is 0 Å². The van der Waals surface area contributed by atoms with E-state index in [1.807, 2.05) is 31.2 Å². The first-order chi connectivity index (χ1) is 13.0. The molecule has 0 bridgehead atoms. The highest BCUT2D eigenvalue weighted by Crippen LogP contribution is 2.21. The van der Waals surface area contributed by atoms with Crippen LogP contribution in [-0.4, -0.2) is 78.0 Å². The summed E-state index contributed by atoms with van der Waals surface area (Å²) in [5, 5.41) is 7.90. The second kappa shape index (κ2) is 12.6. The Balaban J connectivity index is 0.00000392. The molecule has 2 atom stereocenters. The zero-order valence-electron chi connectivity index (χ0n) is 18.4. The zero-order valence-corrected chi connectivity index (χ0v) is 20.7. The normalized spacial score (nSPS) is 19.1. The average molecular weight is 506 g/mol. The number of ether oxygens (including phenoxy) is 1. The van der Waals surface area contributed by atoms with Gasteiger partial charge in [-0.3, -0.25) is 14.6 Å². The number of aromatic nitrogens is 2. The molecule has 2 rings (SSSR count). The van der Waals surface area contributed by atoms with Crippen molar-refractivity contribution in [2.75, 3.05) is 46.4 Å². The van der Waals surface area contributed by atoms with Crippen LogP contribution in [0.4, 0.5) is 0 Å². The summed E-state index contributed by atoms with van der Waals surface area (Å²) in [6, 6.07) is 0.520. The summed E-state index contributed by atoms with van der Waals surface area (Å²) in [6.07, 6.45) is 5.15. The second-order valence-electron chi connectivity index (χ2n) is 7.69. The van der Waals surface area contributed by atoms with E-state index < -0.39 is 0 Å². The summed E-state index contributed by atoms with van der Waals surface area (Å²) in [5.74, 6) is 1.64. The number of guanidine groups is 1. The van der Waals surface area contributed by atoms with Crippen LogP contribution in [0.2, 0.25) is 0 Å². The predicted molar refractivity (Wildman–Crippen MR) is 126 cm³/mol. The summed E-state index contributed by atoms with van der Waals surface area (Å²) < 4.78 is 7.79. The van der Waals surface area contributed by atoms with Crippen LogP contribution >= 0.6 is 24.0 Å². The molecule has 162 valence electrons. The summed E-state index contributed by atoms with van der Waals surface area (Å²) in [7, 11) is 3.80. The molecule has 1 aromatic rings. The van der Waals surface area contributed by atoms with Crippen molar-refractivity contribution in [1.29, 1.82) is 0 Å². The van der Waals surface area contributed by atoms with Crippen LogP contribution in [0.1, 0.15) is 45.8 Å². The lowest BCUT2D eigenvalue weighted by Gasteiger charge is -2.36. The van der Waals surface area contributed by atoms with Crippen LogP contribution in [0.3, 0.4) is 0 Å². The third kappa shape index (κ3) is 7.18. The van der Waals surface area contributed by atoms with E-state index in [1.54, 1.807) is 0 Å². The van der Waals surface area contributed by atoms with Crippen LogP contribution in [0.15, 0.2) is 17.4 Å². The van der Waals surface area contributed by atoms with Crippen molar-refractivity contribution in [3.05, 3.63) is 18.0 Å². The average Bonchev–Trinajstić information content (AvgIpc) is 3.09. The Labute approximate surface area is 187 Å². The fourth-order valence-electron chi connectivity index (χ4n) is 3.84. The third-order valence-corrected chi connectivity index (χ3v) is 5.24. The van der Waals surface area contributed by atoms with E-state index in [1.165, 1.54) is 6.42 Å². The number of hydrogen-bond donors (Lipinski definition) is 1. The molecule has 0 radical (unpaired) electrons. The minimum absolute atomic E-state index is 0. The maximum absolute atomic E-state index is 5.97. The summed E-state index contributed by atoms with van der Waals surface area (Å²) in [4.78, 5) is 9.38. The van der Waals surface area contributed by atoms with Crippen molar-refractivity contribution in [3.8, 4) is 0 Å². The molecule has 1 aliphatic heterocycles. The first-order valence-electron chi connectivity index (χ1n) is 10.3. The van der Waals surface area contributed by atoms with Crippen molar-refractivity contribution < 1.29 is 4.74 Å². The lowest BCUT2D eigenvalue weighted by atomic mass is 10.0. The van der Waals surface area contributed by atoms with Gasteiger partial charge in [0.15, 0.2) is 5.96 Å². The molecule has 0 spiro atoms. The van der Waals surface area contributed by atoms with E-state index >= 15 is 0 Å². The largest absolute Gasteiger partial charge is 0.370 e. The Bertz CT molecular complexity index is 587. The number of nitrogens with zero attached hydrogens (tertiary/aromatic N) is 5. The van der Waals surface area contributed by atoms with E-state index in [0.717, 1.165) is 44.2 Å². The minimum Gasteiger partial charge on any atom is -0.370 e. The molecule has 1 N–H and O–H groups in total. The van der Waals surface area contributed by atoms with E-state index in [9.17, 15) is 0 Å². The Morgan fingerprint density at radius 2 is 2.11 bits per heavy atom. The molecule has 28 heavy (non-hydrogen) atoms. The molecule has 1 saturated heterocycles. The molecule has 1 fully saturated rings. The summed E-state index contributed by atoms with van der Waals surface area (Å²) in [6.45, 7) is 14.5. The van der Waals surface area contributed by atoms with Gasteiger partial charge in [0.05, 0.1) is 19.3 Å². The number of halogens is 1. The predicted octanol–water partition coefficient (Wildman–Crippen LogP) is 2.74. The quantitative estimate of drug-likeness (QED) is 0.334. The number of aliphatic imine (C=N–C) groups is 1.